The third-order valence-corrected chi connectivity index (χ3v) is 3.59. The Kier molecular flexibility index (Phi) is 5.26. The molecule has 2 rings (SSSR count). The summed E-state index contributed by atoms with van der Waals surface area (Å²) in [5, 5.41) is 12.5. The number of amides is 1. The first-order valence-corrected chi connectivity index (χ1v) is 7.79. The lowest BCUT2D eigenvalue weighted by molar-refractivity contribution is 0.0117. The van der Waals surface area contributed by atoms with Crippen LogP contribution in [0.2, 0.25) is 0 Å². The third kappa shape index (κ3) is 4.96. The largest absolute Gasteiger partial charge is 0.508 e. The maximum absolute atomic E-state index is 12.4. The number of nitrogens with zero attached hydrogens (tertiary/aromatic N) is 1. The van der Waals surface area contributed by atoms with Gasteiger partial charge in [0.15, 0.2) is 5.78 Å². The number of aromatic hydroxyl groups is 1. The van der Waals surface area contributed by atoms with Crippen molar-refractivity contribution >= 4 is 11.9 Å². The van der Waals surface area contributed by atoms with E-state index in [4.69, 9.17) is 4.74 Å². The molecule has 1 saturated heterocycles. The molecule has 0 spiro atoms. The Labute approximate surface area is 136 Å². The summed E-state index contributed by atoms with van der Waals surface area (Å²) < 4.78 is 5.43. The molecule has 1 aromatic carbocycles. The quantitative estimate of drug-likeness (QED) is 0.835. The van der Waals surface area contributed by atoms with Crippen LogP contribution in [0.25, 0.3) is 0 Å². The van der Waals surface area contributed by atoms with E-state index < -0.39 is 5.60 Å². The Hall–Kier alpha value is -2.08. The smallest absolute Gasteiger partial charge is 0.410 e. The van der Waals surface area contributed by atoms with Gasteiger partial charge in [0.1, 0.15) is 11.4 Å². The van der Waals surface area contributed by atoms with Crippen LogP contribution in [0.5, 0.6) is 5.75 Å². The molecule has 1 fully saturated rings. The summed E-state index contributed by atoms with van der Waals surface area (Å²) in [4.78, 5) is 26.3. The highest BCUT2D eigenvalue weighted by Crippen LogP contribution is 2.18. The average molecular weight is 320 g/mol. The van der Waals surface area contributed by atoms with E-state index in [0.29, 0.717) is 25.2 Å². The zero-order valence-corrected chi connectivity index (χ0v) is 13.8. The Bertz CT molecular complexity index is 563. The third-order valence-electron chi connectivity index (χ3n) is 3.59. The summed E-state index contributed by atoms with van der Waals surface area (Å²) in [6, 6.07) is 5.91. The minimum Gasteiger partial charge on any atom is -0.508 e. The van der Waals surface area contributed by atoms with Crippen molar-refractivity contribution in [1.29, 1.82) is 0 Å². The summed E-state index contributed by atoms with van der Waals surface area (Å²) in [7, 11) is 0. The monoisotopic (exact) mass is 320 g/mol. The summed E-state index contributed by atoms with van der Waals surface area (Å²) in [6.07, 6.45) is -0.167. The van der Waals surface area contributed by atoms with E-state index >= 15 is 0 Å². The molecular weight excluding hydrogens is 296 g/mol. The Balaban J connectivity index is 2.04. The zero-order valence-electron chi connectivity index (χ0n) is 13.8. The molecule has 0 radical (unpaired) electrons. The van der Waals surface area contributed by atoms with E-state index in [0.717, 1.165) is 0 Å². The lowest BCUT2D eigenvalue weighted by atomic mass is 10.0. The van der Waals surface area contributed by atoms with Crippen LogP contribution in [0.4, 0.5) is 4.79 Å². The number of phenols is 1. The first-order valence-electron chi connectivity index (χ1n) is 7.79. The lowest BCUT2D eigenvalue weighted by Crippen LogP contribution is -2.55. The number of carbonyl (C=O) groups excluding carboxylic acids is 2. The van der Waals surface area contributed by atoms with Gasteiger partial charge in [0.05, 0.1) is 6.04 Å². The van der Waals surface area contributed by atoms with Gasteiger partial charge in [-0.2, -0.15) is 0 Å². The zero-order chi connectivity index (χ0) is 17.0. The van der Waals surface area contributed by atoms with Crippen LogP contribution in [0.3, 0.4) is 0 Å². The van der Waals surface area contributed by atoms with Crippen molar-refractivity contribution in [1.82, 2.24) is 10.2 Å². The van der Waals surface area contributed by atoms with Gasteiger partial charge >= 0.3 is 6.09 Å². The second kappa shape index (κ2) is 7.00. The molecule has 126 valence electrons. The number of ether oxygens (including phenoxy) is 1. The number of Topliss-reactive ketones (excluding diaryl/α,β-unsaturated/α-hetero) is 1. The van der Waals surface area contributed by atoms with Crippen molar-refractivity contribution in [2.45, 2.75) is 38.8 Å². The first-order chi connectivity index (χ1) is 10.8. The number of benzene rings is 1. The van der Waals surface area contributed by atoms with E-state index in [-0.39, 0.29) is 30.1 Å². The summed E-state index contributed by atoms with van der Waals surface area (Å²) in [6.45, 7) is 7.23. The maximum Gasteiger partial charge on any atom is 0.410 e. The average Bonchev–Trinajstić information content (AvgIpc) is 2.46. The predicted octanol–water partition coefficient (Wildman–Crippen LogP) is 2.17. The van der Waals surface area contributed by atoms with Crippen molar-refractivity contribution in [2.24, 2.45) is 0 Å². The Morgan fingerprint density at radius 2 is 1.96 bits per heavy atom. The Morgan fingerprint density at radius 1 is 1.30 bits per heavy atom. The highest BCUT2D eigenvalue weighted by Gasteiger charge is 2.31. The van der Waals surface area contributed by atoms with Gasteiger partial charge in [-0.3, -0.25) is 4.79 Å². The van der Waals surface area contributed by atoms with Crippen molar-refractivity contribution in [3.05, 3.63) is 29.8 Å². The number of rotatable bonds is 3. The fraction of sp³-hybridized carbons (Fsp3) is 0.529. The van der Waals surface area contributed by atoms with Gasteiger partial charge in [0.2, 0.25) is 0 Å². The van der Waals surface area contributed by atoms with Gasteiger partial charge in [0, 0.05) is 31.6 Å². The topological polar surface area (TPSA) is 78.9 Å². The molecule has 6 nitrogen and oxygen atoms in total. The lowest BCUT2D eigenvalue weighted by Gasteiger charge is -2.36. The first kappa shape index (κ1) is 17.3. The van der Waals surface area contributed by atoms with Crippen LogP contribution >= 0.6 is 0 Å². The molecule has 0 bridgehead atoms. The van der Waals surface area contributed by atoms with Gasteiger partial charge in [0.25, 0.3) is 0 Å². The van der Waals surface area contributed by atoms with Crippen molar-refractivity contribution in [3.63, 3.8) is 0 Å². The molecule has 1 atom stereocenters. The highest BCUT2D eigenvalue weighted by atomic mass is 16.6. The number of nitrogens with one attached hydrogen (secondary N) is 1. The van der Waals surface area contributed by atoms with Crippen LogP contribution < -0.4 is 5.32 Å². The van der Waals surface area contributed by atoms with E-state index in [1.165, 1.54) is 12.1 Å². The molecule has 1 amide bonds. The summed E-state index contributed by atoms with van der Waals surface area (Å²) >= 11 is 0. The SMILES string of the molecule is CC(C)(C)OC(=O)N1CCNCC1CC(=O)c1ccc(O)cc1. The molecule has 1 aromatic rings. The van der Waals surface area contributed by atoms with Gasteiger partial charge in [-0.1, -0.05) is 0 Å². The van der Waals surface area contributed by atoms with Gasteiger partial charge in [-0.15, -0.1) is 0 Å². The van der Waals surface area contributed by atoms with Crippen LogP contribution in [0, 0.1) is 0 Å². The van der Waals surface area contributed by atoms with E-state index in [1.54, 1.807) is 17.0 Å². The molecule has 0 aromatic heterocycles. The number of ketones is 1. The number of carbonyl (C=O) groups is 2. The predicted molar refractivity (Wildman–Crippen MR) is 86.7 cm³/mol. The molecule has 23 heavy (non-hydrogen) atoms. The number of phenolic OH excluding ortho intramolecular Hbond substituents is 1. The second-order valence-corrected chi connectivity index (χ2v) is 6.71. The molecule has 6 heteroatoms. The van der Waals surface area contributed by atoms with Crippen molar-refractivity contribution < 1.29 is 19.4 Å². The van der Waals surface area contributed by atoms with Gasteiger partial charge < -0.3 is 20.1 Å². The number of hydrogen-bond donors (Lipinski definition) is 2. The molecule has 1 unspecified atom stereocenters. The van der Waals surface area contributed by atoms with Crippen LogP contribution in [0.15, 0.2) is 24.3 Å². The minimum absolute atomic E-state index is 0.0627. The second-order valence-electron chi connectivity index (χ2n) is 6.71. The fourth-order valence-electron chi connectivity index (χ4n) is 2.48. The summed E-state index contributed by atoms with van der Waals surface area (Å²) in [5.41, 5.74) is -0.0366. The summed E-state index contributed by atoms with van der Waals surface area (Å²) in [5.74, 6) is 0.0588. The number of hydrogen-bond acceptors (Lipinski definition) is 5. The molecular formula is C17H24N2O4. The van der Waals surface area contributed by atoms with E-state index in [1.807, 2.05) is 20.8 Å². The molecule has 1 heterocycles. The molecule has 1 aliphatic rings. The van der Waals surface area contributed by atoms with E-state index in [9.17, 15) is 14.7 Å². The highest BCUT2D eigenvalue weighted by molar-refractivity contribution is 5.96. The molecule has 0 aliphatic carbocycles. The standard InChI is InChI=1S/C17H24N2O4/c1-17(2,3)23-16(22)19-9-8-18-11-13(19)10-15(21)12-4-6-14(20)7-5-12/h4-7,13,18,20H,8-11H2,1-3H3. The fourth-order valence-corrected chi connectivity index (χ4v) is 2.48. The van der Waals surface area contributed by atoms with Gasteiger partial charge in [-0.05, 0) is 45.0 Å². The van der Waals surface area contributed by atoms with Crippen LogP contribution in [-0.4, -0.2) is 53.2 Å². The van der Waals surface area contributed by atoms with Gasteiger partial charge in [-0.25, -0.2) is 4.79 Å². The van der Waals surface area contributed by atoms with Crippen LogP contribution in [0.1, 0.15) is 37.6 Å². The molecule has 0 saturated carbocycles. The minimum atomic E-state index is -0.562. The molecule has 2 N–H and O–H groups in total. The van der Waals surface area contributed by atoms with Crippen LogP contribution in [-0.2, 0) is 4.74 Å². The normalized spacial score (nSPS) is 18.6. The number of piperazine rings is 1. The molecule has 1 aliphatic heterocycles. The van der Waals surface area contributed by atoms with E-state index in [2.05, 4.69) is 5.32 Å². The van der Waals surface area contributed by atoms with Crippen molar-refractivity contribution in [2.75, 3.05) is 19.6 Å². The Morgan fingerprint density at radius 3 is 2.57 bits per heavy atom. The van der Waals surface area contributed by atoms with Crippen molar-refractivity contribution in [3.8, 4) is 5.75 Å². The maximum atomic E-state index is 12.4.